The molecule has 5 heteroatoms. The van der Waals surface area contributed by atoms with Crippen molar-refractivity contribution in [1.29, 1.82) is 0 Å². The van der Waals surface area contributed by atoms with E-state index in [1.54, 1.807) is 18.2 Å². The fourth-order valence-electron chi connectivity index (χ4n) is 1.70. The summed E-state index contributed by atoms with van der Waals surface area (Å²) in [5.41, 5.74) is 1.69. The highest BCUT2D eigenvalue weighted by Gasteiger charge is 2.07. The number of carboxylic acids is 1. The average Bonchev–Trinajstić information content (AvgIpc) is 2.41. The van der Waals surface area contributed by atoms with Crippen molar-refractivity contribution < 1.29 is 14.6 Å². The molecule has 108 valence electrons. The van der Waals surface area contributed by atoms with E-state index in [2.05, 4.69) is 15.9 Å². The van der Waals surface area contributed by atoms with Crippen LogP contribution in [0.4, 0.5) is 0 Å². The van der Waals surface area contributed by atoms with E-state index in [9.17, 15) is 4.79 Å². The highest BCUT2D eigenvalue weighted by molar-refractivity contribution is 9.10. The van der Waals surface area contributed by atoms with Crippen molar-refractivity contribution in [3.05, 3.63) is 63.1 Å². The first-order valence-corrected chi connectivity index (χ1v) is 7.27. The van der Waals surface area contributed by atoms with E-state index in [-0.39, 0.29) is 0 Å². The van der Waals surface area contributed by atoms with Crippen LogP contribution in [0.15, 0.2) is 46.9 Å². The molecule has 1 N–H and O–H groups in total. The van der Waals surface area contributed by atoms with Crippen molar-refractivity contribution in [3.63, 3.8) is 0 Å². The quantitative estimate of drug-likeness (QED) is 0.746. The Morgan fingerprint density at radius 1 is 1.24 bits per heavy atom. The molecule has 0 saturated carbocycles. The van der Waals surface area contributed by atoms with Gasteiger partial charge in [-0.2, -0.15) is 0 Å². The summed E-state index contributed by atoms with van der Waals surface area (Å²) in [4.78, 5) is 10.6. The molecule has 2 rings (SSSR count). The summed E-state index contributed by atoms with van der Waals surface area (Å²) < 4.78 is 6.63. The first kappa shape index (κ1) is 15.6. The third kappa shape index (κ3) is 4.34. The Morgan fingerprint density at radius 3 is 2.67 bits per heavy atom. The van der Waals surface area contributed by atoms with Gasteiger partial charge in [0.1, 0.15) is 11.5 Å². The lowest BCUT2D eigenvalue weighted by Gasteiger charge is -2.11. The van der Waals surface area contributed by atoms with Crippen molar-refractivity contribution >= 4 is 39.6 Å². The van der Waals surface area contributed by atoms with Gasteiger partial charge in [0.25, 0.3) is 0 Å². The molecular formula is C16H12BrClO3. The van der Waals surface area contributed by atoms with Crippen molar-refractivity contribution in [2.24, 2.45) is 0 Å². The predicted octanol–water partition coefficient (Wildman–Crippen LogP) is 5.30. The standard InChI is InChI=1S/C16H12BrClO3/c1-10-2-6-14(13(18)8-10)21-15-9-12(17)5-3-11(15)4-7-16(19)20/h2-9H,1H3,(H,19,20). The maximum Gasteiger partial charge on any atom is 0.328 e. The van der Waals surface area contributed by atoms with Crippen LogP contribution in [0.5, 0.6) is 11.5 Å². The van der Waals surface area contributed by atoms with Gasteiger partial charge in [0.05, 0.1) is 5.02 Å². The number of benzene rings is 2. The summed E-state index contributed by atoms with van der Waals surface area (Å²) in [5, 5.41) is 9.23. The first-order valence-electron chi connectivity index (χ1n) is 6.10. The minimum atomic E-state index is -1.02. The molecule has 0 spiro atoms. The molecule has 0 heterocycles. The summed E-state index contributed by atoms with van der Waals surface area (Å²) in [6, 6.07) is 10.8. The summed E-state index contributed by atoms with van der Waals surface area (Å²) in [6.45, 7) is 1.94. The van der Waals surface area contributed by atoms with E-state index in [4.69, 9.17) is 21.4 Å². The molecule has 0 atom stereocenters. The van der Waals surface area contributed by atoms with E-state index >= 15 is 0 Å². The van der Waals surface area contributed by atoms with Crippen LogP contribution in [0, 0.1) is 6.92 Å². The third-order valence-corrected chi connectivity index (χ3v) is 3.48. The van der Waals surface area contributed by atoms with Gasteiger partial charge in [-0.25, -0.2) is 4.79 Å². The molecule has 0 aromatic heterocycles. The van der Waals surface area contributed by atoms with Crippen molar-refractivity contribution in [1.82, 2.24) is 0 Å². The van der Waals surface area contributed by atoms with Crippen LogP contribution in [0.1, 0.15) is 11.1 Å². The van der Waals surface area contributed by atoms with Gasteiger partial charge < -0.3 is 9.84 Å². The third-order valence-electron chi connectivity index (χ3n) is 2.69. The fraction of sp³-hybridized carbons (Fsp3) is 0.0625. The second-order valence-corrected chi connectivity index (χ2v) is 5.71. The first-order chi connectivity index (χ1) is 9.95. The summed E-state index contributed by atoms with van der Waals surface area (Å²) in [7, 11) is 0. The molecule has 2 aromatic carbocycles. The van der Waals surface area contributed by atoms with Crippen LogP contribution >= 0.6 is 27.5 Å². The molecular weight excluding hydrogens is 356 g/mol. The Bertz CT molecular complexity index is 711. The number of aliphatic carboxylic acids is 1. The maximum absolute atomic E-state index is 10.6. The Kier molecular flexibility index (Phi) is 5.04. The van der Waals surface area contributed by atoms with Crippen LogP contribution in [-0.2, 0) is 4.79 Å². The van der Waals surface area contributed by atoms with E-state index in [0.717, 1.165) is 16.1 Å². The number of halogens is 2. The minimum Gasteiger partial charge on any atom is -0.478 e. The molecule has 0 amide bonds. The van der Waals surface area contributed by atoms with Gasteiger partial charge in [-0.3, -0.25) is 0 Å². The number of aryl methyl sites for hydroxylation is 1. The van der Waals surface area contributed by atoms with Crippen molar-refractivity contribution in [3.8, 4) is 11.5 Å². The van der Waals surface area contributed by atoms with Gasteiger partial charge in [0, 0.05) is 16.1 Å². The Hall–Kier alpha value is -1.78. The molecule has 0 bridgehead atoms. The van der Waals surface area contributed by atoms with E-state index in [0.29, 0.717) is 22.1 Å². The lowest BCUT2D eigenvalue weighted by molar-refractivity contribution is -0.131. The molecule has 0 unspecified atom stereocenters. The van der Waals surface area contributed by atoms with Crippen LogP contribution in [-0.4, -0.2) is 11.1 Å². The molecule has 0 saturated heterocycles. The van der Waals surface area contributed by atoms with Gasteiger partial charge in [-0.1, -0.05) is 39.7 Å². The van der Waals surface area contributed by atoms with Crippen LogP contribution in [0.3, 0.4) is 0 Å². The maximum atomic E-state index is 10.6. The molecule has 21 heavy (non-hydrogen) atoms. The smallest absolute Gasteiger partial charge is 0.328 e. The van der Waals surface area contributed by atoms with Crippen molar-refractivity contribution in [2.45, 2.75) is 6.92 Å². The molecule has 0 radical (unpaired) electrons. The minimum absolute atomic E-state index is 0.503. The van der Waals surface area contributed by atoms with E-state index < -0.39 is 5.97 Å². The van der Waals surface area contributed by atoms with Gasteiger partial charge in [0.2, 0.25) is 0 Å². The lowest BCUT2D eigenvalue weighted by Crippen LogP contribution is -1.91. The van der Waals surface area contributed by atoms with Crippen LogP contribution in [0.2, 0.25) is 5.02 Å². The molecule has 3 nitrogen and oxygen atoms in total. The molecule has 0 fully saturated rings. The monoisotopic (exact) mass is 366 g/mol. The molecule has 2 aromatic rings. The van der Waals surface area contributed by atoms with Crippen molar-refractivity contribution in [2.75, 3.05) is 0 Å². The topological polar surface area (TPSA) is 46.5 Å². The Labute approximate surface area is 135 Å². The number of carboxylic acid groups (broad SMARTS) is 1. The highest BCUT2D eigenvalue weighted by atomic mass is 79.9. The fourth-order valence-corrected chi connectivity index (χ4v) is 2.32. The molecule has 0 aliphatic carbocycles. The average molecular weight is 368 g/mol. The second-order valence-electron chi connectivity index (χ2n) is 4.39. The number of hydrogen-bond donors (Lipinski definition) is 1. The second kappa shape index (κ2) is 6.78. The van der Waals surface area contributed by atoms with Gasteiger partial charge in [-0.05, 0) is 42.8 Å². The lowest BCUT2D eigenvalue weighted by atomic mass is 10.2. The zero-order valence-electron chi connectivity index (χ0n) is 11.1. The van der Waals surface area contributed by atoms with E-state index in [1.165, 1.54) is 6.08 Å². The number of ether oxygens (including phenoxy) is 1. The number of carbonyl (C=O) groups is 1. The number of rotatable bonds is 4. The number of hydrogen-bond acceptors (Lipinski definition) is 2. The zero-order chi connectivity index (χ0) is 15.4. The largest absolute Gasteiger partial charge is 0.478 e. The Morgan fingerprint density at radius 2 is 2.00 bits per heavy atom. The molecule has 0 aliphatic rings. The predicted molar refractivity (Wildman–Crippen MR) is 87.1 cm³/mol. The zero-order valence-corrected chi connectivity index (χ0v) is 13.5. The normalized spacial score (nSPS) is 10.8. The SMILES string of the molecule is Cc1ccc(Oc2cc(Br)ccc2C=CC(=O)O)c(Cl)c1. The van der Waals surface area contributed by atoms with Crippen LogP contribution < -0.4 is 4.74 Å². The van der Waals surface area contributed by atoms with E-state index in [1.807, 2.05) is 25.1 Å². The summed E-state index contributed by atoms with van der Waals surface area (Å²) in [5.74, 6) is 0.0233. The van der Waals surface area contributed by atoms with Gasteiger partial charge >= 0.3 is 5.97 Å². The Balaban J connectivity index is 2.38. The van der Waals surface area contributed by atoms with Gasteiger partial charge in [-0.15, -0.1) is 0 Å². The summed E-state index contributed by atoms with van der Waals surface area (Å²) in [6.07, 6.45) is 2.54. The molecule has 0 aliphatic heterocycles. The summed E-state index contributed by atoms with van der Waals surface area (Å²) >= 11 is 9.52. The van der Waals surface area contributed by atoms with Gasteiger partial charge in [0.15, 0.2) is 0 Å². The van der Waals surface area contributed by atoms with Crippen LogP contribution in [0.25, 0.3) is 6.08 Å². The highest BCUT2D eigenvalue weighted by Crippen LogP contribution is 2.34.